The lowest BCUT2D eigenvalue weighted by Crippen LogP contribution is -2.09. The summed E-state index contributed by atoms with van der Waals surface area (Å²) in [4.78, 5) is 24.0. The number of aromatic hydroxyl groups is 1. The first-order chi connectivity index (χ1) is 12.0. The van der Waals surface area contributed by atoms with Crippen LogP contribution >= 0.6 is 0 Å². The van der Waals surface area contributed by atoms with E-state index < -0.39 is 11.9 Å². The molecule has 7 heteroatoms. The first-order valence-corrected chi connectivity index (χ1v) is 7.74. The van der Waals surface area contributed by atoms with E-state index in [0.29, 0.717) is 5.69 Å². The molecule has 0 radical (unpaired) electrons. The summed E-state index contributed by atoms with van der Waals surface area (Å²) >= 11 is 0. The highest BCUT2D eigenvalue weighted by atomic mass is 16.5. The van der Waals surface area contributed by atoms with Crippen molar-refractivity contribution in [3.05, 3.63) is 53.6 Å². The van der Waals surface area contributed by atoms with E-state index in [9.17, 15) is 14.7 Å². The van der Waals surface area contributed by atoms with Gasteiger partial charge in [0, 0.05) is 6.07 Å². The number of ether oxygens (including phenoxy) is 2. The van der Waals surface area contributed by atoms with Crippen LogP contribution in [-0.2, 0) is 9.47 Å². The summed E-state index contributed by atoms with van der Waals surface area (Å²) < 4.78 is 9.93. The van der Waals surface area contributed by atoms with Gasteiger partial charge in [0.2, 0.25) is 0 Å². The van der Waals surface area contributed by atoms with Gasteiger partial charge in [-0.05, 0) is 44.2 Å². The van der Waals surface area contributed by atoms with Crippen molar-refractivity contribution in [2.75, 3.05) is 13.2 Å². The molecule has 0 saturated heterocycles. The van der Waals surface area contributed by atoms with Gasteiger partial charge in [0.25, 0.3) is 0 Å². The maximum atomic E-state index is 12.1. The summed E-state index contributed by atoms with van der Waals surface area (Å²) in [5.41, 5.74) is 0.997. The molecule has 2 rings (SSSR count). The van der Waals surface area contributed by atoms with Crippen LogP contribution in [0.5, 0.6) is 5.75 Å². The highest BCUT2D eigenvalue weighted by Gasteiger charge is 2.17. The molecule has 1 N–H and O–H groups in total. The van der Waals surface area contributed by atoms with Crippen LogP contribution in [0.3, 0.4) is 0 Å². The van der Waals surface area contributed by atoms with Crippen LogP contribution in [0.15, 0.2) is 52.7 Å². The van der Waals surface area contributed by atoms with Gasteiger partial charge in [-0.25, -0.2) is 9.59 Å². The second-order valence-corrected chi connectivity index (χ2v) is 4.89. The molecule has 0 aromatic heterocycles. The van der Waals surface area contributed by atoms with Gasteiger partial charge < -0.3 is 14.6 Å². The number of hydrogen-bond acceptors (Lipinski definition) is 7. The zero-order valence-corrected chi connectivity index (χ0v) is 13.9. The quantitative estimate of drug-likeness (QED) is 0.628. The monoisotopic (exact) mass is 342 g/mol. The Labute approximate surface area is 144 Å². The molecule has 0 spiro atoms. The van der Waals surface area contributed by atoms with Crippen LogP contribution in [0.1, 0.15) is 34.6 Å². The van der Waals surface area contributed by atoms with Crippen molar-refractivity contribution in [1.82, 2.24) is 0 Å². The van der Waals surface area contributed by atoms with Crippen LogP contribution in [0.25, 0.3) is 0 Å². The highest BCUT2D eigenvalue weighted by Crippen LogP contribution is 2.26. The molecule has 0 unspecified atom stereocenters. The molecule has 2 aromatic rings. The molecule has 2 aromatic carbocycles. The second-order valence-electron chi connectivity index (χ2n) is 4.89. The van der Waals surface area contributed by atoms with E-state index in [0.717, 1.165) is 0 Å². The molecule has 0 heterocycles. The van der Waals surface area contributed by atoms with Crippen LogP contribution in [-0.4, -0.2) is 30.3 Å². The average molecular weight is 342 g/mol. The minimum atomic E-state index is -0.612. The van der Waals surface area contributed by atoms with Gasteiger partial charge >= 0.3 is 11.9 Å². The number of carbonyl (C=O) groups is 2. The third kappa shape index (κ3) is 4.87. The lowest BCUT2D eigenvalue weighted by molar-refractivity contribution is 0.0526. The summed E-state index contributed by atoms with van der Waals surface area (Å²) in [5, 5.41) is 17.5. The topological polar surface area (TPSA) is 97.5 Å². The van der Waals surface area contributed by atoms with Crippen LogP contribution in [0.2, 0.25) is 0 Å². The standard InChI is InChI=1S/C18H18N2O5/c1-3-24-17(22)12-8-9-16(15(10-12)18(23)25-4-2)20-19-13-6-5-7-14(21)11-13/h5-11,21H,3-4H2,1-2H3. The molecule has 0 saturated carbocycles. The first kappa shape index (κ1) is 18.1. The first-order valence-electron chi connectivity index (χ1n) is 7.74. The Bertz CT molecular complexity index is 802. The summed E-state index contributed by atoms with van der Waals surface area (Å²) in [7, 11) is 0. The Morgan fingerprint density at radius 2 is 1.68 bits per heavy atom. The minimum Gasteiger partial charge on any atom is -0.508 e. The molecule has 0 atom stereocenters. The summed E-state index contributed by atoms with van der Waals surface area (Å²) in [5.74, 6) is -1.09. The van der Waals surface area contributed by atoms with Crippen molar-refractivity contribution in [2.24, 2.45) is 10.2 Å². The third-order valence-electron chi connectivity index (χ3n) is 3.11. The van der Waals surface area contributed by atoms with Crippen molar-refractivity contribution in [2.45, 2.75) is 13.8 Å². The second kappa shape index (κ2) is 8.58. The molecular formula is C18H18N2O5. The SMILES string of the molecule is CCOC(=O)c1ccc(N=Nc2cccc(O)c2)c(C(=O)OCC)c1. The Morgan fingerprint density at radius 1 is 0.960 bits per heavy atom. The molecule has 0 amide bonds. The molecule has 130 valence electrons. The van der Waals surface area contributed by atoms with Crippen LogP contribution in [0, 0.1) is 0 Å². The maximum Gasteiger partial charge on any atom is 0.340 e. The van der Waals surface area contributed by atoms with Gasteiger partial charge in [-0.2, -0.15) is 5.11 Å². The summed E-state index contributed by atoms with van der Waals surface area (Å²) in [6.45, 7) is 3.79. The number of esters is 2. The number of carbonyl (C=O) groups excluding carboxylic acids is 2. The van der Waals surface area contributed by atoms with Crippen LogP contribution < -0.4 is 0 Å². The van der Waals surface area contributed by atoms with Gasteiger partial charge in [0.1, 0.15) is 11.4 Å². The molecule has 0 aliphatic heterocycles. The molecule has 0 fully saturated rings. The normalized spacial score (nSPS) is 10.6. The molecule has 7 nitrogen and oxygen atoms in total. The third-order valence-corrected chi connectivity index (χ3v) is 3.11. The lowest BCUT2D eigenvalue weighted by Gasteiger charge is -2.07. The predicted octanol–water partition coefficient (Wildman–Crippen LogP) is 4.16. The van der Waals surface area contributed by atoms with E-state index in [4.69, 9.17) is 9.47 Å². The number of benzene rings is 2. The van der Waals surface area contributed by atoms with Gasteiger partial charge in [0.15, 0.2) is 0 Å². The fourth-order valence-corrected chi connectivity index (χ4v) is 2.00. The predicted molar refractivity (Wildman–Crippen MR) is 90.6 cm³/mol. The highest BCUT2D eigenvalue weighted by molar-refractivity contribution is 5.99. The van der Waals surface area contributed by atoms with Gasteiger partial charge in [-0.15, -0.1) is 5.11 Å². The van der Waals surface area contributed by atoms with E-state index in [-0.39, 0.29) is 35.8 Å². The lowest BCUT2D eigenvalue weighted by atomic mass is 10.1. The van der Waals surface area contributed by atoms with Crippen molar-refractivity contribution < 1.29 is 24.2 Å². The zero-order valence-electron chi connectivity index (χ0n) is 13.9. The number of phenolic OH excluding ortho intramolecular Hbond substituents is 1. The molecule has 0 aliphatic rings. The number of azo groups is 1. The number of rotatable bonds is 6. The van der Waals surface area contributed by atoms with Crippen molar-refractivity contribution in [3.63, 3.8) is 0 Å². The van der Waals surface area contributed by atoms with Gasteiger partial charge in [0.05, 0.1) is 30.0 Å². The Balaban J connectivity index is 2.38. The molecule has 25 heavy (non-hydrogen) atoms. The summed E-state index contributed by atoms with van der Waals surface area (Å²) in [6.07, 6.45) is 0. The number of phenols is 1. The van der Waals surface area contributed by atoms with Crippen molar-refractivity contribution >= 4 is 23.3 Å². The Kier molecular flexibility index (Phi) is 6.22. The van der Waals surface area contributed by atoms with Crippen molar-refractivity contribution in [1.29, 1.82) is 0 Å². The van der Waals surface area contributed by atoms with E-state index in [1.165, 1.54) is 30.3 Å². The van der Waals surface area contributed by atoms with E-state index in [1.807, 2.05) is 0 Å². The van der Waals surface area contributed by atoms with Gasteiger partial charge in [-0.3, -0.25) is 0 Å². The number of nitrogens with zero attached hydrogens (tertiary/aromatic N) is 2. The molecule has 0 aliphatic carbocycles. The summed E-state index contributed by atoms with van der Waals surface area (Å²) in [6, 6.07) is 10.6. The Morgan fingerprint density at radius 3 is 2.36 bits per heavy atom. The minimum absolute atomic E-state index is 0.0553. The molecular weight excluding hydrogens is 324 g/mol. The van der Waals surface area contributed by atoms with E-state index in [1.54, 1.807) is 26.0 Å². The van der Waals surface area contributed by atoms with Gasteiger partial charge in [-0.1, -0.05) is 6.07 Å². The zero-order chi connectivity index (χ0) is 18.2. The fourth-order valence-electron chi connectivity index (χ4n) is 2.00. The average Bonchev–Trinajstić information content (AvgIpc) is 2.60. The van der Waals surface area contributed by atoms with Crippen molar-refractivity contribution in [3.8, 4) is 5.75 Å². The Hall–Kier alpha value is -3.22. The van der Waals surface area contributed by atoms with Crippen LogP contribution in [0.4, 0.5) is 11.4 Å². The van der Waals surface area contributed by atoms with E-state index >= 15 is 0 Å². The molecule has 0 bridgehead atoms. The fraction of sp³-hybridized carbons (Fsp3) is 0.222. The number of hydrogen-bond donors (Lipinski definition) is 1. The smallest absolute Gasteiger partial charge is 0.340 e. The van der Waals surface area contributed by atoms with E-state index in [2.05, 4.69) is 10.2 Å². The maximum absolute atomic E-state index is 12.1. The largest absolute Gasteiger partial charge is 0.508 e.